The van der Waals surface area contributed by atoms with Gasteiger partial charge in [0.2, 0.25) is 0 Å². The summed E-state index contributed by atoms with van der Waals surface area (Å²) in [5.41, 5.74) is 2.23. The van der Waals surface area contributed by atoms with Crippen molar-refractivity contribution in [3.63, 3.8) is 0 Å². The van der Waals surface area contributed by atoms with Crippen LogP contribution in [0.4, 0.5) is 0 Å². The fourth-order valence-corrected chi connectivity index (χ4v) is 3.43. The molecule has 2 aliphatic heterocycles. The Balaban J connectivity index is 1.41. The van der Waals surface area contributed by atoms with Crippen LogP contribution in [0.15, 0.2) is 34.2 Å². The number of carbonyl (C=O) groups is 2. The summed E-state index contributed by atoms with van der Waals surface area (Å²) < 4.78 is 5.08. The highest BCUT2D eigenvalue weighted by molar-refractivity contribution is 6.40. The fraction of sp³-hybridized carbons (Fsp3) is 0.389. The first-order valence-corrected chi connectivity index (χ1v) is 8.67. The van der Waals surface area contributed by atoms with Crippen LogP contribution in [0, 0.1) is 19.8 Å². The quantitative estimate of drug-likeness (QED) is 0.855. The maximum absolute atomic E-state index is 12.8. The Morgan fingerprint density at radius 3 is 2.89 bits per heavy atom. The van der Waals surface area contributed by atoms with E-state index >= 15 is 0 Å². The van der Waals surface area contributed by atoms with Crippen molar-refractivity contribution in [2.75, 3.05) is 13.1 Å². The van der Waals surface area contributed by atoms with Crippen LogP contribution in [0.25, 0.3) is 0 Å². The van der Waals surface area contributed by atoms with Crippen LogP contribution in [0.5, 0.6) is 0 Å². The van der Waals surface area contributed by atoms with Gasteiger partial charge in [-0.25, -0.2) is 0 Å². The standard InChI is InChI=1S/C18H19N5O4/c1-10-15(11(2)26-21-10)18(25)23-8-13-14(9-23)27-22-16(13)17(24)20-7-12-4-3-5-19-6-12/h3-6,13-14H,7-9H2,1-2H3,(H,20,24)/t13-,14+/m0/s1. The average molecular weight is 369 g/mol. The van der Waals surface area contributed by atoms with E-state index < -0.39 is 0 Å². The molecule has 2 amide bonds. The SMILES string of the molecule is Cc1noc(C)c1C(=O)N1C[C@@H]2C(C(=O)NCc3cccnc3)=NO[C@@H]2C1. The monoisotopic (exact) mass is 369 g/mol. The topological polar surface area (TPSA) is 110 Å². The highest BCUT2D eigenvalue weighted by Crippen LogP contribution is 2.29. The largest absolute Gasteiger partial charge is 0.389 e. The van der Waals surface area contributed by atoms with Crippen LogP contribution in [0.3, 0.4) is 0 Å². The van der Waals surface area contributed by atoms with Gasteiger partial charge in [-0.05, 0) is 25.5 Å². The van der Waals surface area contributed by atoms with E-state index in [1.807, 2.05) is 12.1 Å². The Labute approximate surface area is 155 Å². The number of aromatic nitrogens is 2. The molecular weight excluding hydrogens is 350 g/mol. The Morgan fingerprint density at radius 1 is 1.33 bits per heavy atom. The Hall–Kier alpha value is -3.23. The molecule has 0 radical (unpaired) electrons. The van der Waals surface area contributed by atoms with Crippen molar-refractivity contribution in [2.24, 2.45) is 11.1 Å². The van der Waals surface area contributed by atoms with Gasteiger partial charge in [0.1, 0.15) is 11.3 Å². The molecule has 1 N–H and O–H groups in total. The van der Waals surface area contributed by atoms with Crippen LogP contribution in [-0.2, 0) is 16.2 Å². The van der Waals surface area contributed by atoms with Gasteiger partial charge in [0.05, 0.1) is 18.2 Å². The van der Waals surface area contributed by atoms with E-state index in [1.165, 1.54) is 0 Å². The lowest BCUT2D eigenvalue weighted by molar-refractivity contribution is -0.115. The molecule has 2 atom stereocenters. The lowest BCUT2D eigenvalue weighted by Gasteiger charge is -2.16. The molecule has 9 heteroatoms. The molecule has 1 fully saturated rings. The predicted molar refractivity (Wildman–Crippen MR) is 93.8 cm³/mol. The smallest absolute Gasteiger partial charge is 0.269 e. The number of nitrogens with zero attached hydrogens (tertiary/aromatic N) is 4. The summed E-state index contributed by atoms with van der Waals surface area (Å²) in [6.07, 6.45) is 3.05. The molecule has 27 heavy (non-hydrogen) atoms. The van der Waals surface area contributed by atoms with Crippen molar-refractivity contribution in [1.82, 2.24) is 20.4 Å². The second-order valence-corrected chi connectivity index (χ2v) is 6.68. The van der Waals surface area contributed by atoms with Crippen molar-refractivity contribution < 1.29 is 18.9 Å². The van der Waals surface area contributed by atoms with Gasteiger partial charge < -0.3 is 19.6 Å². The van der Waals surface area contributed by atoms with E-state index in [-0.39, 0.29) is 23.8 Å². The van der Waals surface area contributed by atoms with Crippen LogP contribution < -0.4 is 5.32 Å². The number of carbonyl (C=O) groups excluding carboxylic acids is 2. The second-order valence-electron chi connectivity index (χ2n) is 6.68. The third kappa shape index (κ3) is 3.16. The van der Waals surface area contributed by atoms with Crippen molar-refractivity contribution in [2.45, 2.75) is 26.5 Å². The van der Waals surface area contributed by atoms with Crippen LogP contribution in [-0.4, -0.2) is 51.8 Å². The highest BCUT2D eigenvalue weighted by atomic mass is 16.6. The van der Waals surface area contributed by atoms with Gasteiger partial charge in [-0.15, -0.1) is 0 Å². The summed E-state index contributed by atoms with van der Waals surface area (Å²) in [5, 5.41) is 10.6. The van der Waals surface area contributed by atoms with E-state index in [9.17, 15) is 9.59 Å². The third-order valence-corrected chi connectivity index (χ3v) is 4.85. The molecule has 2 aromatic rings. The summed E-state index contributed by atoms with van der Waals surface area (Å²) >= 11 is 0. The summed E-state index contributed by atoms with van der Waals surface area (Å²) in [7, 11) is 0. The van der Waals surface area contributed by atoms with Gasteiger partial charge in [-0.1, -0.05) is 16.4 Å². The number of pyridine rings is 1. The molecule has 140 valence electrons. The molecule has 4 heterocycles. The number of aryl methyl sites for hydroxylation is 2. The lowest BCUT2D eigenvalue weighted by Crippen LogP contribution is -2.37. The Kier molecular flexibility index (Phi) is 4.35. The predicted octanol–water partition coefficient (Wildman–Crippen LogP) is 0.830. The van der Waals surface area contributed by atoms with Crippen molar-refractivity contribution >= 4 is 17.5 Å². The molecule has 0 saturated carbocycles. The minimum absolute atomic E-state index is 0.167. The minimum Gasteiger partial charge on any atom is -0.389 e. The zero-order valence-corrected chi connectivity index (χ0v) is 15.0. The minimum atomic E-state index is -0.312. The number of hydrogen-bond acceptors (Lipinski definition) is 7. The fourth-order valence-electron chi connectivity index (χ4n) is 3.43. The molecule has 0 bridgehead atoms. The van der Waals surface area contributed by atoms with Crippen molar-refractivity contribution in [3.05, 3.63) is 47.1 Å². The summed E-state index contributed by atoms with van der Waals surface area (Å²) in [4.78, 5) is 36.4. The van der Waals surface area contributed by atoms with E-state index in [0.717, 1.165) is 5.56 Å². The van der Waals surface area contributed by atoms with Crippen LogP contribution in [0.1, 0.15) is 27.4 Å². The molecule has 9 nitrogen and oxygen atoms in total. The number of fused-ring (bicyclic) bond motifs is 1. The first-order valence-electron chi connectivity index (χ1n) is 8.67. The van der Waals surface area contributed by atoms with Crippen LogP contribution >= 0.6 is 0 Å². The second kappa shape index (κ2) is 6.82. The number of likely N-dealkylation sites (tertiary alicyclic amines) is 1. The van der Waals surface area contributed by atoms with Gasteiger partial charge >= 0.3 is 0 Å². The van der Waals surface area contributed by atoms with Gasteiger partial charge in [-0.3, -0.25) is 14.6 Å². The van der Waals surface area contributed by atoms with Gasteiger partial charge in [-0.2, -0.15) is 0 Å². The summed E-state index contributed by atoms with van der Waals surface area (Å²) in [6, 6.07) is 3.69. The van der Waals surface area contributed by atoms with Crippen LogP contribution in [0.2, 0.25) is 0 Å². The van der Waals surface area contributed by atoms with Crippen molar-refractivity contribution in [3.8, 4) is 0 Å². The molecule has 2 aliphatic rings. The molecule has 4 rings (SSSR count). The Bertz CT molecular complexity index is 888. The maximum atomic E-state index is 12.8. The summed E-state index contributed by atoms with van der Waals surface area (Å²) in [6.45, 7) is 4.53. The van der Waals surface area contributed by atoms with Gasteiger partial charge in [0, 0.05) is 25.5 Å². The molecular formula is C18H19N5O4. The van der Waals surface area contributed by atoms with Gasteiger partial charge in [0.25, 0.3) is 11.8 Å². The molecule has 0 spiro atoms. The van der Waals surface area contributed by atoms with Crippen molar-refractivity contribution in [1.29, 1.82) is 0 Å². The number of rotatable bonds is 4. The maximum Gasteiger partial charge on any atom is 0.269 e. The molecule has 0 unspecified atom stereocenters. The number of oxime groups is 1. The lowest BCUT2D eigenvalue weighted by atomic mass is 10.0. The zero-order chi connectivity index (χ0) is 19.0. The normalized spacial score (nSPS) is 20.8. The van der Waals surface area contributed by atoms with E-state index in [1.54, 1.807) is 31.1 Å². The van der Waals surface area contributed by atoms with E-state index in [4.69, 9.17) is 9.36 Å². The molecule has 0 aromatic carbocycles. The molecule has 0 aliphatic carbocycles. The average Bonchev–Trinajstić information content (AvgIpc) is 3.34. The first-order chi connectivity index (χ1) is 13.0. The van der Waals surface area contributed by atoms with E-state index in [2.05, 4.69) is 20.6 Å². The number of nitrogens with one attached hydrogen (secondary N) is 1. The van der Waals surface area contributed by atoms with Gasteiger partial charge in [0.15, 0.2) is 11.8 Å². The third-order valence-electron chi connectivity index (χ3n) is 4.85. The number of hydrogen-bond donors (Lipinski definition) is 1. The zero-order valence-electron chi connectivity index (χ0n) is 15.0. The van der Waals surface area contributed by atoms with E-state index in [0.29, 0.717) is 42.4 Å². The molecule has 2 aromatic heterocycles. The Morgan fingerprint density at radius 2 is 2.19 bits per heavy atom. The molecule has 1 saturated heterocycles. The number of amides is 2. The summed E-state index contributed by atoms with van der Waals surface area (Å²) in [5.74, 6) is -0.223. The highest BCUT2D eigenvalue weighted by Gasteiger charge is 2.46. The first kappa shape index (κ1) is 17.2.